The van der Waals surface area contributed by atoms with Gasteiger partial charge in [0.25, 0.3) is 0 Å². The molecule has 1 fully saturated rings. The predicted octanol–water partition coefficient (Wildman–Crippen LogP) is 7.12. The van der Waals surface area contributed by atoms with Crippen LogP contribution in [0.4, 0.5) is 5.69 Å². The van der Waals surface area contributed by atoms with Gasteiger partial charge in [-0.1, -0.05) is 76.1 Å². The second kappa shape index (κ2) is 9.11. The number of fused-ring (bicyclic) bond motifs is 1. The molecule has 0 aliphatic carbocycles. The summed E-state index contributed by atoms with van der Waals surface area (Å²) in [5.74, 6) is 0.732. The van der Waals surface area contributed by atoms with Gasteiger partial charge in [-0.3, -0.25) is 0 Å². The smallest absolute Gasteiger partial charge is 0.0997 e. The quantitative estimate of drug-likeness (QED) is 0.266. The fourth-order valence-electron chi connectivity index (χ4n) is 4.20. The molecule has 0 aromatic heterocycles. The summed E-state index contributed by atoms with van der Waals surface area (Å²) in [5, 5.41) is 12.5. The zero-order chi connectivity index (χ0) is 20.1. The van der Waals surface area contributed by atoms with E-state index in [-0.39, 0.29) is 0 Å². The van der Waals surface area contributed by atoms with E-state index in [0.717, 1.165) is 48.6 Å². The van der Waals surface area contributed by atoms with Crippen LogP contribution in [0.5, 0.6) is 0 Å². The van der Waals surface area contributed by atoms with E-state index in [9.17, 15) is 5.26 Å². The van der Waals surface area contributed by atoms with Crippen molar-refractivity contribution in [2.45, 2.75) is 52.9 Å². The average molecular weight is 373 g/mol. The van der Waals surface area contributed by atoms with Gasteiger partial charge in [0, 0.05) is 24.0 Å². The molecule has 0 bridgehead atoms. The first-order chi connectivity index (χ1) is 13.6. The maximum absolute atomic E-state index is 9.93. The van der Waals surface area contributed by atoms with Crippen molar-refractivity contribution in [2.24, 2.45) is 5.92 Å². The Morgan fingerprint density at radius 2 is 1.89 bits per heavy atom. The van der Waals surface area contributed by atoms with Crippen LogP contribution in [0.1, 0.15) is 58.4 Å². The summed E-state index contributed by atoms with van der Waals surface area (Å²) in [5.41, 5.74) is 5.26. The van der Waals surface area contributed by atoms with E-state index in [2.05, 4.69) is 74.7 Å². The first-order valence-electron chi connectivity index (χ1n) is 10.7. The lowest BCUT2D eigenvalue weighted by Crippen LogP contribution is -2.02. The Morgan fingerprint density at radius 1 is 1.14 bits per heavy atom. The lowest BCUT2D eigenvalue weighted by atomic mass is 9.88. The molecular formula is C26H32N2. The lowest BCUT2D eigenvalue weighted by molar-refractivity contribution is 0.433. The summed E-state index contributed by atoms with van der Waals surface area (Å²) < 4.78 is 0. The highest BCUT2D eigenvalue weighted by Gasteiger charge is 2.25. The number of benzene rings is 2. The second-order valence-corrected chi connectivity index (χ2v) is 7.99. The standard InChI is InChI=1S/C26H32N2/c1-5-9-21(6-2)13-12-19(3)25(18-27)20(4)23-15-14-22-10-7-8-11-24(22)26(23)28-16-17-28/h7-8,10-11,14-15,21H,3,5-6,9,12-13,16-17H2,1-2,4H3/b25-20+. The van der Waals surface area contributed by atoms with Crippen LogP contribution in [0.3, 0.4) is 0 Å². The number of hydrogen-bond acceptors (Lipinski definition) is 2. The zero-order valence-corrected chi connectivity index (χ0v) is 17.6. The van der Waals surface area contributed by atoms with E-state index >= 15 is 0 Å². The van der Waals surface area contributed by atoms with Crippen LogP contribution >= 0.6 is 0 Å². The average Bonchev–Trinajstić information content (AvgIpc) is 3.55. The molecule has 2 nitrogen and oxygen atoms in total. The third-order valence-electron chi connectivity index (χ3n) is 6.04. The van der Waals surface area contributed by atoms with Gasteiger partial charge in [0.05, 0.1) is 17.3 Å². The van der Waals surface area contributed by atoms with Gasteiger partial charge in [0.2, 0.25) is 0 Å². The van der Waals surface area contributed by atoms with Crippen molar-refractivity contribution in [3.63, 3.8) is 0 Å². The molecule has 2 heteroatoms. The predicted molar refractivity (Wildman–Crippen MR) is 121 cm³/mol. The van der Waals surface area contributed by atoms with Crippen LogP contribution in [-0.4, -0.2) is 13.1 Å². The van der Waals surface area contributed by atoms with Crippen LogP contribution in [-0.2, 0) is 0 Å². The van der Waals surface area contributed by atoms with E-state index < -0.39 is 0 Å². The Labute approximate surface area is 170 Å². The minimum absolute atomic E-state index is 0.732. The molecule has 146 valence electrons. The number of nitrogens with zero attached hydrogens (tertiary/aromatic N) is 2. The van der Waals surface area contributed by atoms with E-state index in [1.807, 2.05) is 0 Å². The third-order valence-corrected chi connectivity index (χ3v) is 6.04. The molecule has 1 aliphatic heterocycles. The first kappa shape index (κ1) is 20.2. The van der Waals surface area contributed by atoms with Gasteiger partial charge < -0.3 is 4.90 Å². The van der Waals surface area contributed by atoms with E-state index in [4.69, 9.17) is 0 Å². The number of allylic oxidation sites excluding steroid dienone is 3. The van der Waals surface area contributed by atoms with Crippen molar-refractivity contribution in [3.8, 4) is 6.07 Å². The number of nitriles is 1. The van der Waals surface area contributed by atoms with Crippen molar-refractivity contribution in [2.75, 3.05) is 18.0 Å². The molecule has 1 atom stereocenters. The maximum atomic E-state index is 9.93. The van der Waals surface area contributed by atoms with E-state index in [0.29, 0.717) is 0 Å². The molecule has 0 spiro atoms. The Bertz CT molecular complexity index is 925. The number of hydrogen-bond donors (Lipinski definition) is 0. The molecule has 0 N–H and O–H groups in total. The zero-order valence-electron chi connectivity index (χ0n) is 17.6. The largest absolute Gasteiger partial charge is 0.367 e. The molecule has 0 saturated carbocycles. The molecule has 2 aromatic carbocycles. The van der Waals surface area contributed by atoms with Crippen LogP contribution in [0.15, 0.2) is 54.1 Å². The normalized spacial score (nSPS) is 15.1. The summed E-state index contributed by atoms with van der Waals surface area (Å²) in [7, 11) is 0. The van der Waals surface area contributed by atoms with Crippen molar-refractivity contribution < 1.29 is 0 Å². The van der Waals surface area contributed by atoms with Crippen LogP contribution in [0.25, 0.3) is 16.3 Å². The fourth-order valence-corrected chi connectivity index (χ4v) is 4.20. The van der Waals surface area contributed by atoms with Crippen LogP contribution < -0.4 is 4.90 Å². The molecule has 1 aliphatic rings. The number of anilines is 1. The lowest BCUT2D eigenvalue weighted by Gasteiger charge is -2.18. The van der Waals surface area contributed by atoms with Gasteiger partial charge in [0.1, 0.15) is 0 Å². The Hall–Kier alpha value is -2.53. The molecule has 0 amide bonds. The number of rotatable bonds is 9. The molecule has 1 unspecified atom stereocenters. The molecule has 3 rings (SSSR count). The highest BCUT2D eigenvalue weighted by Crippen LogP contribution is 2.39. The van der Waals surface area contributed by atoms with Crippen molar-refractivity contribution in [1.29, 1.82) is 5.26 Å². The summed E-state index contributed by atoms with van der Waals surface area (Å²) in [6, 6.07) is 15.4. The summed E-state index contributed by atoms with van der Waals surface area (Å²) in [6.45, 7) is 13.1. The van der Waals surface area contributed by atoms with Crippen molar-refractivity contribution in [3.05, 3.63) is 59.7 Å². The van der Waals surface area contributed by atoms with Gasteiger partial charge in [-0.25, -0.2) is 0 Å². The monoisotopic (exact) mass is 372 g/mol. The van der Waals surface area contributed by atoms with Gasteiger partial charge in [-0.05, 0) is 42.2 Å². The Morgan fingerprint density at radius 3 is 2.54 bits per heavy atom. The molecule has 1 heterocycles. The Balaban J connectivity index is 1.95. The van der Waals surface area contributed by atoms with E-state index in [1.165, 1.54) is 41.3 Å². The second-order valence-electron chi connectivity index (χ2n) is 7.99. The summed E-state index contributed by atoms with van der Waals surface area (Å²) >= 11 is 0. The topological polar surface area (TPSA) is 26.8 Å². The maximum Gasteiger partial charge on any atom is 0.0997 e. The molecule has 0 radical (unpaired) electrons. The van der Waals surface area contributed by atoms with Gasteiger partial charge in [0.15, 0.2) is 0 Å². The van der Waals surface area contributed by atoms with Crippen LogP contribution in [0, 0.1) is 17.2 Å². The van der Waals surface area contributed by atoms with Crippen molar-refractivity contribution in [1.82, 2.24) is 0 Å². The van der Waals surface area contributed by atoms with Gasteiger partial charge >= 0.3 is 0 Å². The highest BCUT2D eigenvalue weighted by molar-refractivity contribution is 6.01. The molecule has 28 heavy (non-hydrogen) atoms. The summed E-state index contributed by atoms with van der Waals surface area (Å²) in [6.07, 6.45) is 5.72. The Kier molecular flexibility index (Phi) is 6.57. The molecule has 2 aromatic rings. The highest BCUT2D eigenvalue weighted by atomic mass is 15.3. The SMILES string of the molecule is C=C(CCC(CC)CCC)/C(C#N)=C(\C)c1ccc2ccccc2c1N1CC1. The van der Waals surface area contributed by atoms with Gasteiger partial charge in [-0.15, -0.1) is 0 Å². The minimum Gasteiger partial charge on any atom is -0.367 e. The minimum atomic E-state index is 0.732. The van der Waals surface area contributed by atoms with Gasteiger partial charge in [-0.2, -0.15) is 5.26 Å². The molecular weight excluding hydrogens is 340 g/mol. The fraction of sp³-hybridized carbons (Fsp3) is 0.423. The summed E-state index contributed by atoms with van der Waals surface area (Å²) in [4.78, 5) is 2.40. The third kappa shape index (κ3) is 4.30. The first-order valence-corrected chi connectivity index (χ1v) is 10.7. The van der Waals surface area contributed by atoms with Crippen molar-refractivity contribution >= 4 is 22.0 Å². The van der Waals surface area contributed by atoms with Crippen LogP contribution in [0.2, 0.25) is 0 Å². The molecule has 1 saturated heterocycles. The van der Waals surface area contributed by atoms with E-state index in [1.54, 1.807) is 0 Å².